The van der Waals surface area contributed by atoms with E-state index < -0.39 is 15.8 Å². The molecule has 0 heterocycles. The van der Waals surface area contributed by atoms with Crippen LogP contribution in [0.15, 0.2) is 53.6 Å². The predicted molar refractivity (Wildman–Crippen MR) is 85.6 cm³/mol. The summed E-state index contributed by atoms with van der Waals surface area (Å²) in [7, 11) is 0. The molecule has 0 aliphatic carbocycles. The molecule has 0 bridgehead atoms. The van der Waals surface area contributed by atoms with Crippen molar-refractivity contribution in [3.63, 3.8) is 0 Å². The molecule has 0 saturated heterocycles. The molecule has 0 aromatic heterocycles. The van der Waals surface area contributed by atoms with Gasteiger partial charge in [0.25, 0.3) is 11.4 Å². The lowest BCUT2D eigenvalue weighted by Gasteiger charge is -2.00. The van der Waals surface area contributed by atoms with Crippen molar-refractivity contribution in [1.82, 2.24) is 5.43 Å². The Kier molecular flexibility index (Phi) is 5.29. The van der Waals surface area contributed by atoms with Crippen LogP contribution in [-0.2, 0) is 11.2 Å². The average molecular weight is 328 g/mol. The van der Waals surface area contributed by atoms with Crippen LogP contribution in [0, 0.1) is 20.2 Å². The number of amides is 1. The van der Waals surface area contributed by atoms with E-state index in [0.717, 1.165) is 0 Å². The monoisotopic (exact) mass is 328 g/mol. The standard InChI is InChI=1S/C15H12N4O5/c20-15(9-11-5-7-13(8-6-11)18(21)22)17-16-10-12-3-1-2-4-14(12)19(23)24/h1-8,10H,9H2,(H,17,20)/b16-10-. The fourth-order valence-corrected chi connectivity index (χ4v) is 1.90. The summed E-state index contributed by atoms with van der Waals surface area (Å²) in [6.45, 7) is 0. The summed E-state index contributed by atoms with van der Waals surface area (Å²) in [5, 5.41) is 25.1. The van der Waals surface area contributed by atoms with Crippen molar-refractivity contribution in [2.24, 2.45) is 5.10 Å². The summed E-state index contributed by atoms with van der Waals surface area (Å²) in [4.78, 5) is 32.1. The fraction of sp³-hybridized carbons (Fsp3) is 0.0667. The fourth-order valence-electron chi connectivity index (χ4n) is 1.90. The number of hydrogen-bond acceptors (Lipinski definition) is 6. The van der Waals surface area contributed by atoms with E-state index >= 15 is 0 Å². The molecule has 2 aromatic carbocycles. The number of hydrazone groups is 1. The molecular weight excluding hydrogens is 316 g/mol. The molecular formula is C15H12N4O5. The second-order valence-corrected chi connectivity index (χ2v) is 4.71. The van der Waals surface area contributed by atoms with Crippen LogP contribution in [0.2, 0.25) is 0 Å². The van der Waals surface area contributed by atoms with Gasteiger partial charge in [-0.25, -0.2) is 5.43 Å². The number of nitrogens with zero attached hydrogens (tertiary/aromatic N) is 3. The third-order valence-corrected chi connectivity index (χ3v) is 3.04. The Morgan fingerprint density at radius 1 is 1.04 bits per heavy atom. The highest BCUT2D eigenvalue weighted by molar-refractivity contribution is 5.86. The molecule has 0 saturated carbocycles. The van der Waals surface area contributed by atoms with Gasteiger partial charge >= 0.3 is 0 Å². The first-order valence-electron chi connectivity index (χ1n) is 6.76. The van der Waals surface area contributed by atoms with Gasteiger partial charge in [0.2, 0.25) is 5.91 Å². The maximum Gasteiger partial charge on any atom is 0.278 e. The van der Waals surface area contributed by atoms with Gasteiger partial charge < -0.3 is 0 Å². The molecule has 0 fully saturated rings. The predicted octanol–water partition coefficient (Wildman–Crippen LogP) is 2.20. The van der Waals surface area contributed by atoms with E-state index in [1.165, 1.54) is 48.7 Å². The largest absolute Gasteiger partial charge is 0.278 e. The molecule has 0 atom stereocenters. The molecule has 2 rings (SSSR count). The lowest BCUT2D eigenvalue weighted by atomic mass is 10.1. The van der Waals surface area contributed by atoms with Crippen molar-refractivity contribution in [1.29, 1.82) is 0 Å². The van der Waals surface area contributed by atoms with E-state index in [-0.39, 0.29) is 23.4 Å². The van der Waals surface area contributed by atoms with Gasteiger partial charge in [0.1, 0.15) is 0 Å². The summed E-state index contributed by atoms with van der Waals surface area (Å²) < 4.78 is 0. The first kappa shape index (κ1) is 16.7. The molecule has 122 valence electrons. The molecule has 0 unspecified atom stereocenters. The minimum absolute atomic E-state index is 0.0216. The number of para-hydroxylation sites is 1. The van der Waals surface area contributed by atoms with Crippen LogP contribution in [0.25, 0.3) is 0 Å². The van der Waals surface area contributed by atoms with Crippen LogP contribution < -0.4 is 5.43 Å². The van der Waals surface area contributed by atoms with E-state index in [1.54, 1.807) is 6.07 Å². The van der Waals surface area contributed by atoms with Crippen molar-refractivity contribution in [2.75, 3.05) is 0 Å². The number of non-ortho nitro benzene ring substituents is 1. The van der Waals surface area contributed by atoms with Gasteiger partial charge in [0.05, 0.1) is 28.0 Å². The van der Waals surface area contributed by atoms with Crippen LogP contribution in [0.5, 0.6) is 0 Å². The van der Waals surface area contributed by atoms with Crippen molar-refractivity contribution in [3.05, 3.63) is 79.9 Å². The zero-order valence-corrected chi connectivity index (χ0v) is 12.3. The Morgan fingerprint density at radius 2 is 1.71 bits per heavy atom. The number of hydrogen-bond donors (Lipinski definition) is 1. The molecule has 2 aromatic rings. The zero-order valence-electron chi connectivity index (χ0n) is 12.3. The number of rotatable bonds is 6. The van der Waals surface area contributed by atoms with E-state index in [4.69, 9.17) is 0 Å². The van der Waals surface area contributed by atoms with Crippen LogP contribution >= 0.6 is 0 Å². The third kappa shape index (κ3) is 4.44. The number of nitro groups is 2. The van der Waals surface area contributed by atoms with Crippen molar-refractivity contribution in [2.45, 2.75) is 6.42 Å². The highest BCUT2D eigenvalue weighted by atomic mass is 16.6. The van der Waals surface area contributed by atoms with E-state index in [0.29, 0.717) is 5.56 Å². The molecule has 24 heavy (non-hydrogen) atoms. The summed E-state index contributed by atoms with van der Waals surface area (Å²) >= 11 is 0. The van der Waals surface area contributed by atoms with Crippen molar-refractivity contribution in [3.8, 4) is 0 Å². The molecule has 1 N–H and O–H groups in total. The van der Waals surface area contributed by atoms with Gasteiger partial charge in [-0.15, -0.1) is 0 Å². The van der Waals surface area contributed by atoms with Crippen LogP contribution in [0.1, 0.15) is 11.1 Å². The smallest absolute Gasteiger partial charge is 0.273 e. The molecule has 1 amide bonds. The average Bonchev–Trinajstić information content (AvgIpc) is 2.55. The van der Waals surface area contributed by atoms with Gasteiger partial charge in [0.15, 0.2) is 0 Å². The van der Waals surface area contributed by atoms with Crippen LogP contribution in [0.4, 0.5) is 11.4 Å². The molecule has 9 nitrogen and oxygen atoms in total. The number of benzene rings is 2. The zero-order chi connectivity index (χ0) is 17.5. The Balaban J connectivity index is 1.96. The summed E-state index contributed by atoms with van der Waals surface area (Å²) in [5.74, 6) is -0.446. The summed E-state index contributed by atoms with van der Waals surface area (Å²) in [6.07, 6.45) is 1.16. The SMILES string of the molecule is O=C(Cc1ccc([N+](=O)[O-])cc1)N/N=C\c1ccccc1[N+](=O)[O-]. The van der Waals surface area contributed by atoms with Gasteiger partial charge in [0, 0.05) is 18.2 Å². The lowest BCUT2D eigenvalue weighted by molar-refractivity contribution is -0.385. The maximum absolute atomic E-state index is 11.7. The number of nitro benzene ring substituents is 2. The molecule has 0 spiro atoms. The number of nitrogens with one attached hydrogen (secondary N) is 1. The van der Waals surface area contributed by atoms with Crippen molar-refractivity contribution >= 4 is 23.5 Å². The maximum atomic E-state index is 11.7. The van der Waals surface area contributed by atoms with Crippen LogP contribution in [0.3, 0.4) is 0 Å². The van der Waals surface area contributed by atoms with Gasteiger partial charge in [-0.05, 0) is 11.6 Å². The Morgan fingerprint density at radius 3 is 2.33 bits per heavy atom. The third-order valence-electron chi connectivity index (χ3n) is 3.04. The normalized spacial score (nSPS) is 10.5. The topological polar surface area (TPSA) is 128 Å². The Labute approximate surface area is 135 Å². The first-order chi connectivity index (χ1) is 11.5. The first-order valence-corrected chi connectivity index (χ1v) is 6.76. The van der Waals surface area contributed by atoms with E-state index in [1.807, 2.05) is 0 Å². The quantitative estimate of drug-likeness (QED) is 0.494. The molecule has 0 aliphatic rings. The molecule has 0 aliphatic heterocycles. The van der Waals surface area contributed by atoms with E-state index in [2.05, 4.69) is 10.5 Å². The lowest BCUT2D eigenvalue weighted by Crippen LogP contribution is -2.19. The van der Waals surface area contributed by atoms with Gasteiger partial charge in [-0.1, -0.05) is 24.3 Å². The van der Waals surface area contributed by atoms with Gasteiger partial charge in [-0.2, -0.15) is 5.10 Å². The second-order valence-electron chi connectivity index (χ2n) is 4.71. The highest BCUT2D eigenvalue weighted by Gasteiger charge is 2.10. The van der Waals surface area contributed by atoms with Crippen molar-refractivity contribution < 1.29 is 14.6 Å². The molecule has 9 heteroatoms. The summed E-state index contributed by atoms with van der Waals surface area (Å²) in [6, 6.07) is 11.5. The number of carbonyl (C=O) groups excluding carboxylic acids is 1. The minimum atomic E-state index is -0.542. The summed E-state index contributed by atoms with van der Waals surface area (Å²) in [5.41, 5.74) is 2.92. The highest BCUT2D eigenvalue weighted by Crippen LogP contribution is 2.15. The Bertz CT molecular complexity index is 802. The van der Waals surface area contributed by atoms with E-state index in [9.17, 15) is 25.0 Å². The second kappa shape index (κ2) is 7.58. The van der Waals surface area contributed by atoms with Gasteiger partial charge in [-0.3, -0.25) is 25.0 Å². The minimum Gasteiger partial charge on any atom is -0.273 e. The molecule has 0 radical (unpaired) electrons. The Hall–Kier alpha value is -3.62. The number of carbonyl (C=O) groups is 1. The van der Waals surface area contributed by atoms with Crippen LogP contribution in [-0.4, -0.2) is 22.0 Å².